The molecular formula is C27H23F2N3O4. The summed E-state index contributed by atoms with van der Waals surface area (Å²) in [5, 5.41) is 2.78. The summed E-state index contributed by atoms with van der Waals surface area (Å²) >= 11 is 0. The molecule has 1 saturated heterocycles. The molecule has 2 aliphatic heterocycles. The van der Waals surface area contributed by atoms with Gasteiger partial charge in [0.05, 0.1) is 30.0 Å². The molecule has 0 aliphatic carbocycles. The largest absolute Gasteiger partial charge is 0.493 e. The number of carbonyl (C=O) groups excluding carboxylic acids is 3. The van der Waals surface area contributed by atoms with Gasteiger partial charge in [-0.05, 0) is 54.4 Å². The van der Waals surface area contributed by atoms with Gasteiger partial charge in [-0.1, -0.05) is 24.3 Å². The maximum Gasteiger partial charge on any atom is 0.257 e. The molecule has 3 aromatic rings. The van der Waals surface area contributed by atoms with Crippen LogP contribution in [0.5, 0.6) is 5.75 Å². The van der Waals surface area contributed by atoms with E-state index in [1.54, 1.807) is 47.4 Å². The number of halogens is 2. The molecule has 0 aromatic heterocycles. The van der Waals surface area contributed by atoms with E-state index in [-0.39, 0.29) is 37.0 Å². The molecule has 1 N–H and O–H groups in total. The minimum absolute atomic E-state index is 0.0287. The van der Waals surface area contributed by atoms with Gasteiger partial charge in [0.15, 0.2) is 11.6 Å². The number of hydrogen-bond acceptors (Lipinski definition) is 4. The van der Waals surface area contributed by atoms with Crippen molar-refractivity contribution < 1.29 is 27.9 Å². The van der Waals surface area contributed by atoms with E-state index in [9.17, 15) is 23.2 Å². The van der Waals surface area contributed by atoms with Crippen molar-refractivity contribution in [2.45, 2.75) is 13.0 Å². The molecule has 0 saturated carbocycles. The Bertz CT molecular complexity index is 1380. The zero-order valence-corrected chi connectivity index (χ0v) is 19.5. The fourth-order valence-electron chi connectivity index (χ4n) is 4.59. The van der Waals surface area contributed by atoms with Crippen LogP contribution in [0.4, 0.5) is 14.5 Å². The highest BCUT2D eigenvalue weighted by Gasteiger charge is 2.41. The van der Waals surface area contributed by atoms with Gasteiger partial charge in [0, 0.05) is 13.1 Å². The van der Waals surface area contributed by atoms with Crippen LogP contribution in [0.25, 0.3) is 11.1 Å². The van der Waals surface area contributed by atoms with E-state index in [0.717, 1.165) is 12.1 Å². The number of para-hydroxylation sites is 1. The standard InChI is InChI=1S/C27H23F2N3O4/c1-2-36-24-6-4-3-5-18(24)26(34)31-11-12-32-23(15-31)25(33)30-22-10-8-16(13-19(22)27(32)35)17-7-9-20(28)21(29)14-17/h3-10,13-14,23H,2,11-12,15H2,1H3,(H,30,33). The summed E-state index contributed by atoms with van der Waals surface area (Å²) < 4.78 is 32.7. The second-order valence-corrected chi connectivity index (χ2v) is 8.57. The number of anilines is 1. The molecule has 36 heavy (non-hydrogen) atoms. The maximum atomic E-state index is 13.8. The number of rotatable bonds is 4. The molecular weight excluding hydrogens is 468 g/mol. The lowest BCUT2D eigenvalue weighted by Gasteiger charge is -2.39. The third-order valence-electron chi connectivity index (χ3n) is 6.41. The molecule has 0 radical (unpaired) electrons. The predicted molar refractivity (Wildman–Crippen MR) is 129 cm³/mol. The number of benzene rings is 3. The number of fused-ring (bicyclic) bond motifs is 2. The number of carbonyl (C=O) groups is 3. The van der Waals surface area contributed by atoms with Gasteiger partial charge in [-0.2, -0.15) is 0 Å². The number of piperazine rings is 1. The van der Waals surface area contributed by atoms with E-state index in [2.05, 4.69) is 5.32 Å². The Labute approximate surface area is 206 Å². The van der Waals surface area contributed by atoms with Crippen molar-refractivity contribution in [3.05, 3.63) is 83.4 Å². The molecule has 9 heteroatoms. The summed E-state index contributed by atoms with van der Waals surface area (Å²) in [6.07, 6.45) is 0. The summed E-state index contributed by atoms with van der Waals surface area (Å²) in [6.45, 7) is 2.67. The molecule has 1 atom stereocenters. The third-order valence-corrected chi connectivity index (χ3v) is 6.41. The van der Waals surface area contributed by atoms with Crippen molar-refractivity contribution in [1.29, 1.82) is 0 Å². The maximum absolute atomic E-state index is 13.8. The average molecular weight is 491 g/mol. The molecule has 0 spiro atoms. The van der Waals surface area contributed by atoms with E-state index in [4.69, 9.17) is 4.74 Å². The zero-order chi connectivity index (χ0) is 25.4. The molecule has 1 fully saturated rings. The highest BCUT2D eigenvalue weighted by Crippen LogP contribution is 2.31. The van der Waals surface area contributed by atoms with E-state index in [0.29, 0.717) is 34.7 Å². The fourth-order valence-corrected chi connectivity index (χ4v) is 4.59. The van der Waals surface area contributed by atoms with Crippen molar-refractivity contribution in [3.63, 3.8) is 0 Å². The van der Waals surface area contributed by atoms with Crippen molar-refractivity contribution in [2.24, 2.45) is 0 Å². The fraction of sp³-hybridized carbons (Fsp3) is 0.222. The Morgan fingerprint density at radius 3 is 2.53 bits per heavy atom. The number of nitrogens with zero attached hydrogens (tertiary/aromatic N) is 2. The molecule has 2 aliphatic rings. The summed E-state index contributed by atoms with van der Waals surface area (Å²) in [7, 11) is 0. The first-order valence-electron chi connectivity index (χ1n) is 11.6. The van der Waals surface area contributed by atoms with E-state index in [1.807, 2.05) is 6.92 Å². The SMILES string of the molecule is CCOc1ccccc1C(=O)N1CCN2C(=O)c3cc(-c4ccc(F)c(F)c4)ccc3NC(=O)C2C1. The van der Waals surface area contributed by atoms with Gasteiger partial charge in [0.2, 0.25) is 5.91 Å². The van der Waals surface area contributed by atoms with Crippen LogP contribution in [0.3, 0.4) is 0 Å². The van der Waals surface area contributed by atoms with Crippen LogP contribution in [0, 0.1) is 11.6 Å². The Hall–Kier alpha value is -4.27. The lowest BCUT2D eigenvalue weighted by atomic mass is 10.0. The lowest BCUT2D eigenvalue weighted by molar-refractivity contribution is -0.121. The van der Waals surface area contributed by atoms with Gasteiger partial charge in [0.25, 0.3) is 11.8 Å². The first-order chi connectivity index (χ1) is 17.4. The predicted octanol–water partition coefficient (Wildman–Crippen LogP) is 3.95. The first kappa shape index (κ1) is 23.5. The van der Waals surface area contributed by atoms with Crippen LogP contribution in [-0.2, 0) is 4.79 Å². The van der Waals surface area contributed by atoms with E-state index in [1.165, 1.54) is 11.0 Å². The topological polar surface area (TPSA) is 79.0 Å². The van der Waals surface area contributed by atoms with Gasteiger partial charge in [0.1, 0.15) is 11.8 Å². The zero-order valence-electron chi connectivity index (χ0n) is 19.5. The quantitative estimate of drug-likeness (QED) is 0.600. The van der Waals surface area contributed by atoms with Crippen LogP contribution in [-0.4, -0.2) is 59.8 Å². The number of hydrogen-bond donors (Lipinski definition) is 1. The Balaban J connectivity index is 1.42. The Kier molecular flexibility index (Phi) is 6.13. The number of amides is 3. The first-order valence-corrected chi connectivity index (χ1v) is 11.6. The minimum atomic E-state index is -0.992. The lowest BCUT2D eigenvalue weighted by Crippen LogP contribution is -2.59. The van der Waals surface area contributed by atoms with Gasteiger partial charge in [-0.25, -0.2) is 8.78 Å². The summed E-state index contributed by atoms with van der Waals surface area (Å²) in [6, 6.07) is 14.3. The normalized spacial score (nSPS) is 17.1. The molecule has 2 heterocycles. The van der Waals surface area contributed by atoms with Gasteiger partial charge < -0.3 is 19.9 Å². The van der Waals surface area contributed by atoms with Crippen molar-refractivity contribution in [2.75, 3.05) is 31.6 Å². The molecule has 0 bridgehead atoms. The number of ether oxygens (including phenoxy) is 1. The van der Waals surface area contributed by atoms with Crippen LogP contribution < -0.4 is 10.1 Å². The molecule has 5 rings (SSSR count). The minimum Gasteiger partial charge on any atom is -0.493 e. The monoisotopic (exact) mass is 491 g/mol. The van der Waals surface area contributed by atoms with Gasteiger partial charge in [-0.3, -0.25) is 14.4 Å². The van der Waals surface area contributed by atoms with Gasteiger partial charge in [-0.15, -0.1) is 0 Å². The number of nitrogens with one attached hydrogen (secondary N) is 1. The van der Waals surface area contributed by atoms with E-state index < -0.39 is 23.6 Å². The second kappa shape index (κ2) is 9.41. The summed E-state index contributed by atoms with van der Waals surface area (Å²) in [5.41, 5.74) is 1.88. The highest BCUT2D eigenvalue weighted by atomic mass is 19.2. The van der Waals surface area contributed by atoms with Gasteiger partial charge >= 0.3 is 0 Å². The molecule has 3 aromatic carbocycles. The molecule has 3 amide bonds. The van der Waals surface area contributed by atoms with Crippen molar-refractivity contribution in [3.8, 4) is 16.9 Å². The van der Waals surface area contributed by atoms with E-state index >= 15 is 0 Å². The molecule has 7 nitrogen and oxygen atoms in total. The Morgan fingerprint density at radius 2 is 1.75 bits per heavy atom. The second-order valence-electron chi connectivity index (χ2n) is 8.57. The molecule has 1 unspecified atom stereocenters. The highest BCUT2D eigenvalue weighted by molar-refractivity contribution is 6.11. The smallest absolute Gasteiger partial charge is 0.257 e. The van der Waals surface area contributed by atoms with Crippen LogP contribution in [0.2, 0.25) is 0 Å². The summed E-state index contributed by atoms with van der Waals surface area (Å²) in [4.78, 5) is 42.9. The Morgan fingerprint density at radius 1 is 1.00 bits per heavy atom. The molecule has 184 valence electrons. The third kappa shape index (κ3) is 4.17. The van der Waals surface area contributed by atoms with Crippen molar-refractivity contribution in [1.82, 2.24) is 9.80 Å². The summed E-state index contributed by atoms with van der Waals surface area (Å²) in [5.74, 6) is -2.55. The average Bonchev–Trinajstić information content (AvgIpc) is 2.99. The van der Waals surface area contributed by atoms with Crippen LogP contribution in [0.1, 0.15) is 27.6 Å². The van der Waals surface area contributed by atoms with Crippen LogP contribution >= 0.6 is 0 Å². The van der Waals surface area contributed by atoms with Crippen LogP contribution in [0.15, 0.2) is 60.7 Å². The van der Waals surface area contributed by atoms with Crippen molar-refractivity contribution >= 4 is 23.4 Å².